The largest absolute Gasteiger partial charge is 0.508 e. The van der Waals surface area contributed by atoms with Crippen molar-refractivity contribution in [1.82, 2.24) is 4.98 Å². The van der Waals surface area contributed by atoms with E-state index < -0.39 is 0 Å². The highest BCUT2D eigenvalue weighted by Gasteiger charge is 2.21. The molecule has 1 aromatic heterocycles. The summed E-state index contributed by atoms with van der Waals surface area (Å²) in [7, 11) is 0. The van der Waals surface area contributed by atoms with Crippen molar-refractivity contribution in [3.05, 3.63) is 132 Å². The van der Waals surface area contributed by atoms with Gasteiger partial charge in [-0.05, 0) is 77.4 Å². The van der Waals surface area contributed by atoms with Gasteiger partial charge in [0.15, 0.2) is 5.84 Å². The van der Waals surface area contributed by atoms with Crippen LogP contribution in [0.5, 0.6) is 11.5 Å². The zero-order valence-electron chi connectivity index (χ0n) is 19.8. The van der Waals surface area contributed by atoms with Crippen LogP contribution in [0.3, 0.4) is 0 Å². The third-order valence-corrected chi connectivity index (χ3v) is 6.27. The SMILES string of the molecule is Oc1ccc(C2=N/C(=N\c3[nH]c(-c4ccc(O)cc4)cc3-c3ccccc3)C(c3ccccc3)=C2)cc1. The first-order valence-electron chi connectivity index (χ1n) is 12.0. The second-order valence-electron chi connectivity index (χ2n) is 8.76. The number of nitrogens with zero attached hydrogens (tertiary/aromatic N) is 2. The van der Waals surface area contributed by atoms with Crippen molar-refractivity contribution in [3.63, 3.8) is 0 Å². The summed E-state index contributed by atoms with van der Waals surface area (Å²) in [5.41, 5.74) is 7.45. The molecule has 0 atom stereocenters. The van der Waals surface area contributed by atoms with E-state index in [9.17, 15) is 10.2 Å². The lowest BCUT2D eigenvalue weighted by Crippen LogP contribution is -1.95. The molecule has 2 heterocycles. The first kappa shape index (κ1) is 22.3. The molecule has 3 N–H and O–H groups in total. The molecule has 0 radical (unpaired) electrons. The number of phenolic OH excluding ortho intramolecular Hbond substituents is 2. The Morgan fingerprint density at radius 1 is 0.595 bits per heavy atom. The Kier molecular flexibility index (Phi) is 5.71. The van der Waals surface area contributed by atoms with Gasteiger partial charge in [0.1, 0.15) is 17.3 Å². The first-order chi connectivity index (χ1) is 18.1. The number of H-pyrrole nitrogens is 1. The Balaban J connectivity index is 1.51. The highest BCUT2D eigenvalue weighted by Crippen LogP contribution is 2.37. The van der Waals surface area contributed by atoms with E-state index in [1.165, 1.54) is 0 Å². The number of rotatable bonds is 5. The highest BCUT2D eigenvalue weighted by molar-refractivity contribution is 6.38. The number of aromatic nitrogens is 1. The summed E-state index contributed by atoms with van der Waals surface area (Å²) in [5.74, 6) is 1.73. The number of aromatic amines is 1. The molecule has 0 bridgehead atoms. The lowest BCUT2D eigenvalue weighted by molar-refractivity contribution is 0.475. The lowest BCUT2D eigenvalue weighted by Gasteiger charge is -2.04. The predicted molar refractivity (Wildman–Crippen MR) is 149 cm³/mol. The Labute approximate surface area is 214 Å². The normalized spacial score (nSPS) is 14.0. The van der Waals surface area contributed by atoms with E-state index in [0.29, 0.717) is 11.7 Å². The van der Waals surface area contributed by atoms with Crippen molar-refractivity contribution >= 4 is 22.9 Å². The number of benzene rings is 4. The number of hydrogen-bond acceptors (Lipinski definition) is 3. The number of hydrogen-bond donors (Lipinski definition) is 3. The molecule has 0 fully saturated rings. The minimum atomic E-state index is 0.212. The highest BCUT2D eigenvalue weighted by atomic mass is 16.3. The summed E-state index contributed by atoms with van der Waals surface area (Å²) in [6, 6.07) is 36.4. The van der Waals surface area contributed by atoms with Crippen LogP contribution in [0, 0.1) is 0 Å². The number of aromatic hydroxyl groups is 2. The topological polar surface area (TPSA) is 81.0 Å². The summed E-state index contributed by atoms with van der Waals surface area (Å²) in [4.78, 5) is 13.4. The molecule has 5 nitrogen and oxygen atoms in total. The molecule has 0 amide bonds. The van der Waals surface area contributed by atoms with Crippen molar-refractivity contribution in [2.24, 2.45) is 9.98 Å². The van der Waals surface area contributed by atoms with E-state index in [1.54, 1.807) is 24.3 Å². The number of nitrogens with one attached hydrogen (secondary N) is 1. The average molecular weight is 482 g/mol. The van der Waals surface area contributed by atoms with Gasteiger partial charge in [0, 0.05) is 22.4 Å². The van der Waals surface area contributed by atoms with Crippen molar-refractivity contribution < 1.29 is 10.2 Å². The van der Waals surface area contributed by atoms with Gasteiger partial charge in [0.05, 0.1) is 5.71 Å². The average Bonchev–Trinajstić information content (AvgIpc) is 3.56. The second-order valence-corrected chi connectivity index (χ2v) is 8.76. The van der Waals surface area contributed by atoms with E-state index >= 15 is 0 Å². The van der Waals surface area contributed by atoms with E-state index in [2.05, 4.69) is 23.2 Å². The molecular weight excluding hydrogens is 458 g/mol. The van der Waals surface area contributed by atoms with Crippen LogP contribution in [0.1, 0.15) is 11.1 Å². The molecule has 0 spiro atoms. The van der Waals surface area contributed by atoms with Crippen LogP contribution >= 0.6 is 0 Å². The molecule has 0 saturated carbocycles. The van der Waals surface area contributed by atoms with Gasteiger partial charge in [-0.3, -0.25) is 0 Å². The maximum Gasteiger partial charge on any atom is 0.162 e. The maximum absolute atomic E-state index is 9.74. The van der Waals surface area contributed by atoms with Gasteiger partial charge >= 0.3 is 0 Å². The lowest BCUT2D eigenvalue weighted by atomic mass is 10.0. The van der Waals surface area contributed by atoms with Crippen LogP contribution in [-0.2, 0) is 0 Å². The zero-order chi connectivity index (χ0) is 25.2. The summed E-state index contributed by atoms with van der Waals surface area (Å²) < 4.78 is 0. The molecule has 37 heavy (non-hydrogen) atoms. The molecule has 6 rings (SSSR count). The minimum Gasteiger partial charge on any atom is -0.508 e. The zero-order valence-corrected chi connectivity index (χ0v) is 19.8. The summed E-state index contributed by atoms with van der Waals surface area (Å²) in [6.45, 7) is 0. The molecule has 0 unspecified atom stereocenters. The molecule has 178 valence electrons. The molecule has 0 aliphatic carbocycles. The molecule has 5 heteroatoms. The minimum absolute atomic E-state index is 0.212. The fraction of sp³-hybridized carbons (Fsp3) is 0. The van der Waals surface area contributed by atoms with Crippen LogP contribution < -0.4 is 0 Å². The van der Waals surface area contributed by atoms with Crippen LogP contribution in [-0.4, -0.2) is 26.7 Å². The number of aliphatic imine (C=N–C) groups is 2. The summed E-state index contributed by atoms with van der Waals surface area (Å²) in [5, 5.41) is 19.5. The van der Waals surface area contributed by atoms with Gasteiger partial charge in [0.25, 0.3) is 0 Å². The third kappa shape index (κ3) is 4.58. The molecule has 1 aliphatic rings. The van der Waals surface area contributed by atoms with Gasteiger partial charge in [0.2, 0.25) is 0 Å². The number of phenols is 2. The van der Waals surface area contributed by atoms with Crippen LogP contribution in [0.25, 0.3) is 28.0 Å². The molecule has 4 aromatic carbocycles. The van der Waals surface area contributed by atoms with E-state index in [-0.39, 0.29) is 11.5 Å². The summed E-state index contributed by atoms with van der Waals surface area (Å²) >= 11 is 0. The fourth-order valence-electron chi connectivity index (χ4n) is 4.38. The van der Waals surface area contributed by atoms with Crippen molar-refractivity contribution in [2.45, 2.75) is 0 Å². The third-order valence-electron chi connectivity index (χ3n) is 6.27. The van der Waals surface area contributed by atoms with Crippen LogP contribution in [0.2, 0.25) is 0 Å². The van der Waals surface area contributed by atoms with E-state index in [0.717, 1.165) is 44.8 Å². The Hall–Kier alpha value is -5.16. The first-order valence-corrected chi connectivity index (χ1v) is 12.0. The van der Waals surface area contributed by atoms with Crippen LogP contribution in [0.4, 0.5) is 5.82 Å². The van der Waals surface area contributed by atoms with Crippen molar-refractivity contribution in [1.29, 1.82) is 0 Å². The van der Waals surface area contributed by atoms with Gasteiger partial charge < -0.3 is 15.2 Å². The second kappa shape index (κ2) is 9.47. The Morgan fingerprint density at radius 2 is 1.16 bits per heavy atom. The van der Waals surface area contributed by atoms with Gasteiger partial charge in [-0.25, -0.2) is 9.98 Å². The van der Waals surface area contributed by atoms with Gasteiger partial charge in [-0.15, -0.1) is 0 Å². The van der Waals surface area contributed by atoms with Gasteiger partial charge in [-0.2, -0.15) is 0 Å². The monoisotopic (exact) mass is 481 g/mol. The Morgan fingerprint density at radius 3 is 1.78 bits per heavy atom. The quantitative estimate of drug-likeness (QED) is 0.245. The molecular formula is C32H23N3O2. The van der Waals surface area contributed by atoms with E-state index in [1.807, 2.05) is 78.9 Å². The van der Waals surface area contributed by atoms with E-state index in [4.69, 9.17) is 9.98 Å². The maximum atomic E-state index is 9.74. The standard InChI is InChI=1S/C32H23N3O2/c36-25-15-11-23(12-16-25)29-19-27(21-7-3-1-4-8-21)31(33-29)35-32-28(22-9-5-2-6-10-22)20-30(34-32)24-13-17-26(37)18-14-24/h1-20,33,36-37H/b35-32-. The molecule has 5 aromatic rings. The van der Waals surface area contributed by atoms with Crippen molar-refractivity contribution in [3.8, 4) is 33.9 Å². The smallest absolute Gasteiger partial charge is 0.162 e. The Bertz CT molecular complexity index is 1650. The summed E-state index contributed by atoms with van der Waals surface area (Å²) in [6.07, 6.45) is 2.03. The van der Waals surface area contributed by atoms with Crippen LogP contribution in [0.15, 0.2) is 131 Å². The fourth-order valence-corrected chi connectivity index (χ4v) is 4.38. The van der Waals surface area contributed by atoms with Gasteiger partial charge in [-0.1, -0.05) is 60.7 Å². The predicted octanol–water partition coefficient (Wildman–Crippen LogP) is 7.38. The van der Waals surface area contributed by atoms with Crippen molar-refractivity contribution in [2.75, 3.05) is 0 Å². The molecule has 1 aliphatic heterocycles. The number of amidine groups is 1. The number of allylic oxidation sites excluding steroid dienone is 1. The molecule has 0 saturated heterocycles.